The number of amides is 1. The van der Waals surface area contributed by atoms with E-state index in [1.54, 1.807) is 0 Å². The highest BCUT2D eigenvalue weighted by atomic mass is 16.5. The van der Waals surface area contributed by atoms with Crippen molar-refractivity contribution in [3.05, 3.63) is 71.3 Å². The van der Waals surface area contributed by atoms with Crippen molar-refractivity contribution in [3.8, 4) is 0 Å². The van der Waals surface area contributed by atoms with E-state index in [1.165, 1.54) is 11.1 Å². The highest BCUT2D eigenvalue weighted by Crippen LogP contribution is 2.14. The number of aryl methyl sites for hydroxylation is 1. The van der Waals surface area contributed by atoms with E-state index < -0.39 is 0 Å². The molecule has 1 atom stereocenters. The standard InChI is InChI=1S/C21H26N2O2/c1-17-9-11-18(12-10-17)14-23-13-5-8-20(15-23)22-21(24)25-16-19-6-3-2-4-7-19/h2-4,6-7,9-12,20H,5,8,13-16H2,1H3,(H,22,24)/t20-/m1/s1. The minimum Gasteiger partial charge on any atom is -0.445 e. The summed E-state index contributed by atoms with van der Waals surface area (Å²) in [6.07, 6.45) is 1.77. The number of likely N-dealkylation sites (tertiary alicyclic amines) is 1. The Hall–Kier alpha value is -2.33. The van der Waals surface area contributed by atoms with Crippen molar-refractivity contribution in [1.82, 2.24) is 10.2 Å². The third-order valence-corrected chi connectivity index (χ3v) is 4.57. The minimum absolute atomic E-state index is 0.155. The number of nitrogens with zero attached hydrogens (tertiary/aromatic N) is 1. The summed E-state index contributed by atoms with van der Waals surface area (Å²) in [6.45, 7) is 5.29. The van der Waals surface area contributed by atoms with Gasteiger partial charge in [0, 0.05) is 19.1 Å². The van der Waals surface area contributed by atoms with Gasteiger partial charge in [-0.3, -0.25) is 4.90 Å². The van der Waals surface area contributed by atoms with Crippen LogP contribution >= 0.6 is 0 Å². The van der Waals surface area contributed by atoms with Crippen molar-refractivity contribution >= 4 is 6.09 Å². The number of alkyl carbamates (subject to hydrolysis) is 1. The molecule has 2 aromatic rings. The number of nitrogens with one attached hydrogen (secondary N) is 1. The van der Waals surface area contributed by atoms with Gasteiger partial charge in [0.2, 0.25) is 0 Å². The molecular weight excluding hydrogens is 312 g/mol. The van der Waals surface area contributed by atoms with Gasteiger partial charge in [-0.1, -0.05) is 60.2 Å². The second kappa shape index (κ2) is 8.67. The smallest absolute Gasteiger partial charge is 0.407 e. The maximum atomic E-state index is 12.0. The summed E-state index contributed by atoms with van der Waals surface area (Å²) in [5.74, 6) is 0. The Kier molecular flexibility index (Phi) is 6.07. The van der Waals surface area contributed by atoms with Crippen LogP contribution in [0.2, 0.25) is 0 Å². The van der Waals surface area contributed by atoms with Crippen molar-refractivity contribution in [2.45, 2.75) is 39.0 Å². The fourth-order valence-electron chi connectivity index (χ4n) is 3.20. The first-order valence-corrected chi connectivity index (χ1v) is 8.94. The van der Waals surface area contributed by atoms with E-state index in [0.29, 0.717) is 6.61 Å². The monoisotopic (exact) mass is 338 g/mol. The van der Waals surface area contributed by atoms with Crippen LogP contribution in [0.1, 0.15) is 29.5 Å². The maximum absolute atomic E-state index is 12.0. The third kappa shape index (κ3) is 5.61. The van der Waals surface area contributed by atoms with Crippen LogP contribution in [0.25, 0.3) is 0 Å². The van der Waals surface area contributed by atoms with Crippen LogP contribution < -0.4 is 5.32 Å². The minimum atomic E-state index is -0.328. The quantitative estimate of drug-likeness (QED) is 0.899. The van der Waals surface area contributed by atoms with Gasteiger partial charge in [0.1, 0.15) is 6.61 Å². The first-order valence-electron chi connectivity index (χ1n) is 8.94. The molecule has 1 saturated heterocycles. The number of hydrogen-bond donors (Lipinski definition) is 1. The summed E-state index contributed by atoms with van der Waals surface area (Å²) in [6, 6.07) is 18.6. The zero-order valence-electron chi connectivity index (χ0n) is 14.8. The van der Waals surface area contributed by atoms with Crippen molar-refractivity contribution < 1.29 is 9.53 Å². The molecule has 1 amide bonds. The van der Waals surface area contributed by atoms with Crippen LogP contribution in [0, 0.1) is 6.92 Å². The van der Waals surface area contributed by atoms with Gasteiger partial charge in [-0.15, -0.1) is 0 Å². The molecule has 1 aliphatic rings. The molecule has 1 N–H and O–H groups in total. The number of carbonyl (C=O) groups is 1. The molecule has 0 spiro atoms. The fourth-order valence-corrected chi connectivity index (χ4v) is 3.20. The Morgan fingerprint density at radius 3 is 2.64 bits per heavy atom. The number of rotatable bonds is 5. The van der Waals surface area contributed by atoms with Crippen LogP contribution in [0.3, 0.4) is 0 Å². The van der Waals surface area contributed by atoms with Gasteiger partial charge in [0.25, 0.3) is 0 Å². The second-order valence-electron chi connectivity index (χ2n) is 6.77. The average molecular weight is 338 g/mol. The number of carbonyl (C=O) groups excluding carboxylic acids is 1. The topological polar surface area (TPSA) is 41.6 Å². The SMILES string of the molecule is Cc1ccc(CN2CCC[C@@H](NC(=O)OCc3ccccc3)C2)cc1. The molecule has 1 fully saturated rings. The van der Waals surface area contributed by atoms with Crippen molar-refractivity contribution in [3.63, 3.8) is 0 Å². The lowest BCUT2D eigenvalue weighted by Gasteiger charge is -2.32. The molecule has 0 aromatic heterocycles. The summed E-state index contributed by atoms with van der Waals surface area (Å²) < 4.78 is 5.33. The van der Waals surface area contributed by atoms with E-state index in [2.05, 4.69) is 41.4 Å². The molecule has 0 unspecified atom stereocenters. The van der Waals surface area contributed by atoms with Crippen LogP contribution in [0.15, 0.2) is 54.6 Å². The summed E-state index contributed by atoms with van der Waals surface area (Å²) in [5, 5.41) is 3.01. The predicted octanol–water partition coefficient (Wildman–Crippen LogP) is 3.89. The molecule has 0 saturated carbocycles. The third-order valence-electron chi connectivity index (χ3n) is 4.57. The Morgan fingerprint density at radius 1 is 1.12 bits per heavy atom. The molecule has 4 nitrogen and oxygen atoms in total. The van der Waals surface area contributed by atoms with Crippen molar-refractivity contribution in [2.75, 3.05) is 13.1 Å². The summed E-state index contributed by atoms with van der Waals surface area (Å²) in [5.41, 5.74) is 3.60. The van der Waals surface area contributed by atoms with Gasteiger partial charge in [0.15, 0.2) is 0 Å². The van der Waals surface area contributed by atoms with E-state index in [0.717, 1.165) is 38.0 Å². The molecule has 3 rings (SSSR count). The Balaban J connectivity index is 1.44. The summed E-state index contributed by atoms with van der Waals surface area (Å²) >= 11 is 0. The molecule has 0 radical (unpaired) electrons. The van der Waals surface area contributed by atoms with Crippen LogP contribution in [-0.2, 0) is 17.9 Å². The second-order valence-corrected chi connectivity index (χ2v) is 6.77. The lowest BCUT2D eigenvalue weighted by molar-refractivity contribution is 0.123. The Bertz CT molecular complexity index is 670. The van der Waals surface area contributed by atoms with Crippen LogP contribution in [-0.4, -0.2) is 30.1 Å². The van der Waals surface area contributed by atoms with Gasteiger partial charge in [-0.25, -0.2) is 4.79 Å². The Labute approximate surface area is 149 Å². The normalized spacial score (nSPS) is 17.9. The molecule has 1 heterocycles. The number of benzene rings is 2. The highest BCUT2D eigenvalue weighted by Gasteiger charge is 2.21. The largest absolute Gasteiger partial charge is 0.445 e. The highest BCUT2D eigenvalue weighted by molar-refractivity contribution is 5.67. The van der Waals surface area contributed by atoms with Gasteiger partial charge in [-0.2, -0.15) is 0 Å². The first kappa shape index (κ1) is 17.5. The van der Waals surface area contributed by atoms with Gasteiger partial charge in [0.05, 0.1) is 0 Å². The van der Waals surface area contributed by atoms with E-state index in [1.807, 2.05) is 30.3 Å². The number of piperidine rings is 1. The summed E-state index contributed by atoms with van der Waals surface area (Å²) in [4.78, 5) is 14.4. The van der Waals surface area contributed by atoms with E-state index in [-0.39, 0.29) is 12.1 Å². The van der Waals surface area contributed by atoms with E-state index >= 15 is 0 Å². The molecule has 25 heavy (non-hydrogen) atoms. The molecular formula is C21H26N2O2. The van der Waals surface area contributed by atoms with Gasteiger partial charge in [-0.05, 0) is 37.4 Å². The molecule has 4 heteroatoms. The molecule has 1 aliphatic heterocycles. The molecule has 0 aliphatic carbocycles. The van der Waals surface area contributed by atoms with Gasteiger partial charge >= 0.3 is 6.09 Å². The fraction of sp³-hybridized carbons (Fsp3) is 0.381. The van der Waals surface area contributed by atoms with Crippen LogP contribution in [0.5, 0.6) is 0 Å². The molecule has 132 valence electrons. The van der Waals surface area contributed by atoms with E-state index in [4.69, 9.17) is 4.74 Å². The Morgan fingerprint density at radius 2 is 1.88 bits per heavy atom. The van der Waals surface area contributed by atoms with Crippen molar-refractivity contribution in [2.24, 2.45) is 0 Å². The zero-order valence-corrected chi connectivity index (χ0v) is 14.8. The maximum Gasteiger partial charge on any atom is 0.407 e. The predicted molar refractivity (Wildman–Crippen MR) is 99.2 cm³/mol. The lowest BCUT2D eigenvalue weighted by atomic mass is 10.0. The van der Waals surface area contributed by atoms with Crippen LogP contribution in [0.4, 0.5) is 4.79 Å². The zero-order chi connectivity index (χ0) is 17.5. The molecule has 2 aromatic carbocycles. The summed E-state index contributed by atoms with van der Waals surface area (Å²) in [7, 11) is 0. The lowest BCUT2D eigenvalue weighted by Crippen LogP contribution is -2.47. The number of hydrogen-bond acceptors (Lipinski definition) is 3. The van der Waals surface area contributed by atoms with Gasteiger partial charge < -0.3 is 10.1 Å². The van der Waals surface area contributed by atoms with Crippen molar-refractivity contribution in [1.29, 1.82) is 0 Å². The average Bonchev–Trinajstić information content (AvgIpc) is 2.63. The molecule has 0 bridgehead atoms. The first-order chi connectivity index (χ1) is 12.2. The number of ether oxygens (including phenoxy) is 1. The van der Waals surface area contributed by atoms with E-state index in [9.17, 15) is 4.79 Å².